The Kier molecular flexibility index (Phi) is 3.34. The summed E-state index contributed by atoms with van der Waals surface area (Å²) in [4.78, 5) is 19.6. The normalized spacial score (nSPS) is 15.1. The van der Waals surface area contributed by atoms with E-state index in [-0.39, 0.29) is 0 Å². The Morgan fingerprint density at radius 2 is 1.88 bits per heavy atom. The molecule has 4 heterocycles. The zero-order chi connectivity index (χ0) is 16.6. The van der Waals surface area contributed by atoms with Crippen molar-refractivity contribution in [2.45, 2.75) is 0 Å². The Morgan fingerprint density at radius 1 is 1.00 bits per heavy atom. The third-order valence-corrected chi connectivity index (χ3v) is 4.53. The Labute approximate surface area is 144 Å². The lowest BCUT2D eigenvalue weighted by atomic mass is 10.1. The van der Waals surface area contributed by atoms with Gasteiger partial charge in [-0.1, -0.05) is 18.2 Å². The summed E-state index contributed by atoms with van der Waals surface area (Å²) in [5.41, 5.74) is 3.64. The first-order valence-corrected chi connectivity index (χ1v) is 8.42. The summed E-state index contributed by atoms with van der Waals surface area (Å²) in [6.07, 6.45) is 1.76. The van der Waals surface area contributed by atoms with Gasteiger partial charge in [-0.3, -0.25) is 0 Å². The lowest BCUT2D eigenvalue weighted by Gasteiger charge is -2.29. The van der Waals surface area contributed by atoms with E-state index >= 15 is 0 Å². The first kappa shape index (κ1) is 14.4. The molecule has 0 spiro atoms. The second kappa shape index (κ2) is 5.82. The fourth-order valence-electron chi connectivity index (χ4n) is 3.27. The second-order valence-electron chi connectivity index (χ2n) is 6.11. The molecule has 1 aromatic carbocycles. The summed E-state index contributed by atoms with van der Waals surface area (Å²) in [5.74, 6) is 1.74. The highest BCUT2D eigenvalue weighted by molar-refractivity contribution is 5.89. The number of hydrogen-bond acceptors (Lipinski definition) is 5. The number of nitrogens with zero attached hydrogens (tertiary/aromatic N) is 4. The molecule has 6 heteroatoms. The molecule has 1 fully saturated rings. The van der Waals surface area contributed by atoms with Crippen molar-refractivity contribution in [2.75, 3.05) is 31.2 Å². The van der Waals surface area contributed by atoms with Crippen molar-refractivity contribution in [2.24, 2.45) is 0 Å². The van der Waals surface area contributed by atoms with Crippen molar-refractivity contribution < 1.29 is 4.74 Å². The van der Waals surface area contributed by atoms with Crippen LogP contribution in [0.2, 0.25) is 0 Å². The number of imidazole rings is 1. The highest BCUT2D eigenvalue weighted by atomic mass is 16.5. The van der Waals surface area contributed by atoms with Crippen LogP contribution in [-0.2, 0) is 4.74 Å². The van der Waals surface area contributed by atoms with Gasteiger partial charge in [-0.15, -0.1) is 0 Å². The Morgan fingerprint density at radius 3 is 2.76 bits per heavy atom. The molecule has 0 atom stereocenters. The SMILES string of the molecule is c1ccc2nc(N3CCOCC3)c(-c3nc4ncccc4[nH]3)cc2c1. The minimum Gasteiger partial charge on any atom is -0.378 e. The highest BCUT2D eigenvalue weighted by Crippen LogP contribution is 2.32. The molecule has 0 unspecified atom stereocenters. The summed E-state index contributed by atoms with van der Waals surface area (Å²) >= 11 is 0. The molecule has 124 valence electrons. The summed E-state index contributed by atoms with van der Waals surface area (Å²) in [7, 11) is 0. The van der Waals surface area contributed by atoms with Crippen LogP contribution in [0.1, 0.15) is 0 Å². The van der Waals surface area contributed by atoms with E-state index in [4.69, 9.17) is 9.72 Å². The standard InChI is InChI=1S/C19H17N5O/c1-2-5-15-13(4-1)12-14(19(22-15)24-8-10-25-11-9-24)17-21-16-6-3-7-20-18(16)23-17/h1-7,12H,8-11H2,(H,20,21,23). The number of morpholine rings is 1. The van der Waals surface area contributed by atoms with Gasteiger partial charge in [0, 0.05) is 24.7 Å². The number of hydrogen-bond donors (Lipinski definition) is 1. The first-order valence-electron chi connectivity index (χ1n) is 8.42. The molecular formula is C19H17N5O. The van der Waals surface area contributed by atoms with E-state index in [1.54, 1.807) is 6.20 Å². The molecule has 25 heavy (non-hydrogen) atoms. The third kappa shape index (κ3) is 2.51. The minimum atomic E-state index is 0.718. The van der Waals surface area contributed by atoms with Gasteiger partial charge in [-0.25, -0.2) is 15.0 Å². The summed E-state index contributed by atoms with van der Waals surface area (Å²) in [5, 5.41) is 1.10. The number of anilines is 1. The Bertz CT molecular complexity index is 1020. The van der Waals surface area contributed by atoms with Crippen LogP contribution < -0.4 is 4.90 Å². The molecule has 1 saturated heterocycles. The average molecular weight is 331 g/mol. The average Bonchev–Trinajstić information content (AvgIpc) is 3.12. The molecule has 4 aromatic rings. The summed E-state index contributed by atoms with van der Waals surface area (Å²) < 4.78 is 5.50. The van der Waals surface area contributed by atoms with E-state index in [1.807, 2.05) is 30.3 Å². The zero-order valence-electron chi connectivity index (χ0n) is 13.6. The van der Waals surface area contributed by atoms with Crippen LogP contribution in [0.25, 0.3) is 33.5 Å². The number of rotatable bonds is 2. The lowest BCUT2D eigenvalue weighted by molar-refractivity contribution is 0.122. The minimum absolute atomic E-state index is 0.718. The van der Waals surface area contributed by atoms with Gasteiger partial charge in [0.15, 0.2) is 5.65 Å². The van der Waals surface area contributed by atoms with Crippen molar-refractivity contribution in [3.05, 3.63) is 48.7 Å². The molecule has 0 bridgehead atoms. The van der Waals surface area contributed by atoms with E-state index in [0.29, 0.717) is 0 Å². The van der Waals surface area contributed by atoms with Gasteiger partial charge < -0.3 is 14.6 Å². The number of ether oxygens (including phenoxy) is 1. The van der Waals surface area contributed by atoms with Crippen LogP contribution >= 0.6 is 0 Å². The molecule has 5 rings (SSSR count). The van der Waals surface area contributed by atoms with Gasteiger partial charge >= 0.3 is 0 Å². The van der Waals surface area contributed by atoms with Gasteiger partial charge in [0.05, 0.1) is 29.8 Å². The van der Waals surface area contributed by atoms with Crippen molar-refractivity contribution in [1.29, 1.82) is 0 Å². The fourth-order valence-corrected chi connectivity index (χ4v) is 3.27. The molecule has 1 N–H and O–H groups in total. The van der Waals surface area contributed by atoms with E-state index < -0.39 is 0 Å². The van der Waals surface area contributed by atoms with Gasteiger partial charge in [0.25, 0.3) is 0 Å². The number of benzene rings is 1. The number of aromatic nitrogens is 4. The van der Waals surface area contributed by atoms with Gasteiger partial charge in [-0.2, -0.15) is 0 Å². The van der Waals surface area contributed by atoms with Crippen molar-refractivity contribution >= 4 is 27.9 Å². The predicted molar refractivity (Wildman–Crippen MR) is 97.7 cm³/mol. The Balaban J connectivity index is 1.73. The number of H-pyrrole nitrogens is 1. The second-order valence-corrected chi connectivity index (χ2v) is 6.11. The largest absolute Gasteiger partial charge is 0.378 e. The lowest BCUT2D eigenvalue weighted by Crippen LogP contribution is -2.37. The fraction of sp³-hybridized carbons (Fsp3) is 0.211. The molecule has 0 saturated carbocycles. The van der Waals surface area contributed by atoms with Crippen LogP contribution in [0.5, 0.6) is 0 Å². The quantitative estimate of drug-likeness (QED) is 0.611. The maximum Gasteiger partial charge on any atom is 0.178 e. The van der Waals surface area contributed by atoms with Gasteiger partial charge in [-0.05, 0) is 24.3 Å². The maximum atomic E-state index is 5.50. The van der Waals surface area contributed by atoms with Crippen LogP contribution in [0, 0.1) is 0 Å². The highest BCUT2D eigenvalue weighted by Gasteiger charge is 2.20. The number of pyridine rings is 2. The van der Waals surface area contributed by atoms with Crippen molar-refractivity contribution in [1.82, 2.24) is 19.9 Å². The van der Waals surface area contributed by atoms with E-state index in [1.165, 1.54) is 0 Å². The molecule has 0 amide bonds. The molecule has 3 aromatic heterocycles. The number of aromatic amines is 1. The topological polar surface area (TPSA) is 66.9 Å². The predicted octanol–water partition coefficient (Wildman–Crippen LogP) is 3.01. The number of fused-ring (bicyclic) bond motifs is 2. The zero-order valence-corrected chi connectivity index (χ0v) is 13.6. The molecule has 6 nitrogen and oxygen atoms in total. The Hall–Kier alpha value is -2.99. The van der Waals surface area contributed by atoms with E-state index in [9.17, 15) is 0 Å². The third-order valence-electron chi connectivity index (χ3n) is 4.53. The molecular weight excluding hydrogens is 314 g/mol. The summed E-state index contributed by atoms with van der Waals surface area (Å²) in [6, 6.07) is 14.2. The molecule has 0 radical (unpaired) electrons. The van der Waals surface area contributed by atoms with Crippen LogP contribution in [0.3, 0.4) is 0 Å². The van der Waals surface area contributed by atoms with Gasteiger partial charge in [0.2, 0.25) is 0 Å². The first-order chi connectivity index (χ1) is 12.4. The van der Waals surface area contributed by atoms with Gasteiger partial charge in [0.1, 0.15) is 11.6 Å². The van der Waals surface area contributed by atoms with E-state index in [0.717, 1.165) is 65.6 Å². The van der Waals surface area contributed by atoms with Crippen LogP contribution in [-0.4, -0.2) is 46.2 Å². The monoisotopic (exact) mass is 331 g/mol. The smallest absolute Gasteiger partial charge is 0.178 e. The van der Waals surface area contributed by atoms with E-state index in [2.05, 4.69) is 32.0 Å². The molecule has 1 aliphatic heterocycles. The van der Waals surface area contributed by atoms with Crippen molar-refractivity contribution in [3.8, 4) is 11.4 Å². The number of nitrogens with one attached hydrogen (secondary N) is 1. The van der Waals surface area contributed by atoms with Crippen LogP contribution in [0.15, 0.2) is 48.7 Å². The summed E-state index contributed by atoms with van der Waals surface area (Å²) in [6.45, 7) is 3.10. The molecule has 0 aliphatic carbocycles. The number of para-hydroxylation sites is 1. The van der Waals surface area contributed by atoms with Crippen molar-refractivity contribution in [3.63, 3.8) is 0 Å². The van der Waals surface area contributed by atoms with Crippen LogP contribution in [0.4, 0.5) is 5.82 Å². The molecule has 1 aliphatic rings. The maximum absolute atomic E-state index is 5.50.